The molecule has 0 spiro atoms. The van der Waals surface area contributed by atoms with Gasteiger partial charge in [-0.25, -0.2) is 0 Å². The van der Waals surface area contributed by atoms with E-state index in [4.69, 9.17) is 21.4 Å². The molecular weight excluding hydrogens is 432 g/mol. The van der Waals surface area contributed by atoms with Crippen LogP contribution in [-0.4, -0.2) is 39.0 Å². The molecule has 0 saturated carbocycles. The maximum absolute atomic E-state index is 12.2. The van der Waals surface area contributed by atoms with E-state index in [2.05, 4.69) is 10.3 Å². The van der Waals surface area contributed by atoms with Gasteiger partial charge in [0, 0.05) is 23.9 Å². The molecule has 164 valence electrons. The van der Waals surface area contributed by atoms with E-state index in [1.807, 2.05) is 24.3 Å². The van der Waals surface area contributed by atoms with Gasteiger partial charge in [-0.05, 0) is 55.5 Å². The van der Waals surface area contributed by atoms with Crippen molar-refractivity contribution in [2.45, 2.75) is 19.0 Å². The molecule has 1 aliphatic rings. The number of hydrogen-bond acceptors (Lipinski definition) is 7. The van der Waals surface area contributed by atoms with E-state index < -0.39 is 16.9 Å². The topological polar surface area (TPSA) is 111 Å². The number of thiocarbonyl (C=S) groups is 1. The molecule has 1 aliphatic heterocycles. The number of pyridine rings is 1. The number of carbonyl (C=O) groups excluding carboxylic acids is 1. The van der Waals surface area contributed by atoms with Gasteiger partial charge >= 0.3 is 5.97 Å². The Balaban J connectivity index is 1.68. The molecule has 32 heavy (non-hydrogen) atoms. The van der Waals surface area contributed by atoms with Crippen molar-refractivity contribution in [2.24, 2.45) is 0 Å². The number of aromatic nitrogens is 1. The summed E-state index contributed by atoms with van der Waals surface area (Å²) in [6.07, 6.45) is 1.69. The number of rotatable bonds is 7. The van der Waals surface area contributed by atoms with Gasteiger partial charge < -0.3 is 19.4 Å². The second-order valence-corrected chi connectivity index (χ2v) is 7.45. The number of nitro groups is 1. The number of hydrogen-bond donors (Lipinski definition) is 1. The van der Waals surface area contributed by atoms with Crippen molar-refractivity contribution in [3.05, 3.63) is 82.4 Å². The van der Waals surface area contributed by atoms with Crippen LogP contribution in [0.15, 0.2) is 65.2 Å². The summed E-state index contributed by atoms with van der Waals surface area (Å²) in [6, 6.07) is 14.5. The van der Waals surface area contributed by atoms with E-state index in [1.54, 1.807) is 36.2 Å². The molecule has 0 bridgehead atoms. The number of non-ortho nitro benzene ring substituents is 1. The minimum Gasteiger partial charge on any atom is -0.465 e. The average Bonchev–Trinajstić information content (AvgIpc) is 3.40. The van der Waals surface area contributed by atoms with Crippen molar-refractivity contribution in [3.8, 4) is 11.3 Å². The highest BCUT2D eigenvalue weighted by Crippen LogP contribution is 2.40. The van der Waals surface area contributed by atoms with E-state index in [1.165, 1.54) is 12.1 Å². The zero-order valence-corrected chi connectivity index (χ0v) is 18.0. The van der Waals surface area contributed by atoms with Crippen LogP contribution < -0.4 is 5.32 Å². The third-order valence-corrected chi connectivity index (χ3v) is 5.44. The van der Waals surface area contributed by atoms with Crippen molar-refractivity contribution in [2.75, 3.05) is 13.2 Å². The highest BCUT2D eigenvalue weighted by Gasteiger charge is 2.42. The van der Waals surface area contributed by atoms with E-state index in [9.17, 15) is 14.9 Å². The molecule has 0 unspecified atom stereocenters. The van der Waals surface area contributed by atoms with Gasteiger partial charge in [0.2, 0.25) is 0 Å². The normalized spacial score (nSPS) is 17.8. The monoisotopic (exact) mass is 452 g/mol. The van der Waals surface area contributed by atoms with Crippen LogP contribution in [0.2, 0.25) is 0 Å². The maximum atomic E-state index is 12.2. The van der Waals surface area contributed by atoms with Crippen molar-refractivity contribution >= 4 is 29.0 Å². The van der Waals surface area contributed by atoms with Gasteiger partial charge in [0.15, 0.2) is 5.11 Å². The third kappa shape index (κ3) is 4.30. The Bertz CT molecular complexity index is 1130. The first-order chi connectivity index (χ1) is 15.5. The Labute approximate surface area is 189 Å². The van der Waals surface area contributed by atoms with Gasteiger partial charge in [-0.3, -0.25) is 19.9 Å². The molecule has 1 N–H and O–H groups in total. The van der Waals surface area contributed by atoms with Crippen molar-refractivity contribution in [1.29, 1.82) is 0 Å². The van der Waals surface area contributed by atoms with Crippen LogP contribution in [0.5, 0.6) is 0 Å². The fourth-order valence-corrected chi connectivity index (χ4v) is 3.95. The zero-order valence-electron chi connectivity index (χ0n) is 17.1. The predicted molar refractivity (Wildman–Crippen MR) is 120 cm³/mol. The lowest BCUT2D eigenvalue weighted by molar-refractivity contribution is -0.384. The molecule has 9 nitrogen and oxygen atoms in total. The molecule has 1 fully saturated rings. The molecule has 2 atom stereocenters. The summed E-state index contributed by atoms with van der Waals surface area (Å²) < 4.78 is 11.2. The van der Waals surface area contributed by atoms with Gasteiger partial charge in [-0.2, -0.15) is 0 Å². The molecule has 1 aromatic carbocycles. The maximum Gasteiger partial charge on any atom is 0.325 e. The Hall–Kier alpha value is -3.79. The molecule has 1 saturated heterocycles. The van der Waals surface area contributed by atoms with Crippen molar-refractivity contribution in [1.82, 2.24) is 15.2 Å². The van der Waals surface area contributed by atoms with Crippen LogP contribution in [0.1, 0.15) is 30.5 Å². The van der Waals surface area contributed by atoms with E-state index in [0.717, 1.165) is 5.69 Å². The average molecular weight is 452 g/mol. The first-order valence-electron chi connectivity index (χ1n) is 9.96. The lowest BCUT2D eigenvalue weighted by Gasteiger charge is -2.25. The van der Waals surface area contributed by atoms with Gasteiger partial charge in [0.25, 0.3) is 5.69 Å². The molecule has 0 radical (unpaired) electrons. The summed E-state index contributed by atoms with van der Waals surface area (Å²) in [5.41, 5.74) is 1.45. The van der Waals surface area contributed by atoms with Crippen LogP contribution in [0.4, 0.5) is 5.69 Å². The molecule has 3 aromatic rings. The minimum absolute atomic E-state index is 0.00157. The van der Waals surface area contributed by atoms with Crippen LogP contribution in [0.25, 0.3) is 11.3 Å². The Morgan fingerprint density at radius 2 is 2.03 bits per heavy atom. The summed E-state index contributed by atoms with van der Waals surface area (Å²) >= 11 is 5.51. The number of nitrogens with one attached hydrogen (secondary N) is 1. The Kier molecular flexibility index (Phi) is 6.13. The molecule has 0 amide bonds. The fourth-order valence-electron chi connectivity index (χ4n) is 3.64. The molecular formula is C22H20N4O5S. The first kappa shape index (κ1) is 21.4. The molecule has 4 rings (SSSR count). The number of nitrogens with zero attached hydrogens (tertiary/aromatic N) is 3. The van der Waals surface area contributed by atoms with Crippen LogP contribution in [0.3, 0.4) is 0 Å². The van der Waals surface area contributed by atoms with Crippen LogP contribution >= 0.6 is 12.2 Å². The molecule has 10 heteroatoms. The molecule has 0 aliphatic carbocycles. The summed E-state index contributed by atoms with van der Waals surface area (Å²) in [7, 11) is 0. The summed E-state index contributed by atoms with van der Waals surface area (Å²) in [6.45, 7) is 1.98. The number of carbonyl (C=O) groups is 1. The Morgan fingerprint density at radius 3 is 2.69 bits per heavy atom. The highest BCUT2D eigenvalue weighted by molar-refractivity contribution is 7.80. The summed E-state index contributed by atoms with van der Waals surface area (Å²) in [5, 5.41) is 14.5. The van der Waals surface area contributed by atoms with E-state index >= 15 is 0 Å². The summed E-state index contributed by atoms with van der Waals surface area (Å²) in [5.74, 6) is 0.722. The Morgan fingerprint density at radius 1 is 1.25 bits per heavy atom. The number of esters is 1. The second-order valence-electron chi connectivity index (χ2n) is 7.07. The van der Waals surface area contributed by atoms with E-state index in [-0.39, 0.29) is 24.9 Å². The van der Waals surface area contributed by atoms with Crippen LogP contribution in [-0.2, 0) is 9.53 Å². The molecule has 3 heterocycles. The van der Waals surface area contributed by atoms with Gasteiger partial charge in [-0.15, -0.1) is 0 Å². The standard InChI is InChI=1S/C22H20N4O5S/c1-2-30-19(27)13-25-21(20(24-22(25)32)16-5-3-4-12-23-16)18-11-10-17(31-18)14-6-8-15(9-7-14)26(28)29/h3-12,20-21H,2,13H2,1H3,(H,24,32)/t20-,21+/m0/s1. The number of ether oxygens (including phenoxy) is 1. The third-order valence-electron chi connectivity index (χ3n) is 5.08. The number of nitro benzene ring substituents is 1. The first-order valence-corrected chi connectivity index (χ1v) is 10.4. The lowest BCUT2D eigenvalue weighted by Crippen LogP contribution is -2.35. The van der Waals surface area contributed by atoms with Crippen LogP contribution in [0, 0.1) is 10.1 Å². The van der Waals surface area contributed by atoms with Gasteiger partial charge in [0.05, 0.1) is 23.3 Å². The van der Waals surface area contributed by atoms with Gasteiger partial charge in [-0.1, -0.05) is 6.07 Å². The quantitative estimate of drug-likeness (QED) is 0.248. The highest BCUT2D eigenvalue weighted by atomic mass is 32.1. The predicted octanol–water partition coefficient (Wildman–Crippen LogP) is 3.79. The van der Waals surface area contributed by atoms with Crippen molar-refractivity contribution in [3.63, 3.8) is 0 Å². The largest absolute Gasteiger partial charge is 0.465 e. The van der Waals surface area contributed by atoms with Crippen molar-refractivity contribution < 1.29 is 18.9 Å². The van der Waals surface area contributed by atoms with Gasteiger partial charge in [0.1, 0.15) is 24.1 Å². The number of benzene rings is 1. The molecule has 2 aromatic heterocycles. The smallest absolute Gasteiger partial charge is 0.325 e. The SMILES string of the molecule is CCOC(=O)CN1C(=S)N[C@@H](c2ccccn2)[C@H]1c1ccc(-c2ccc([N+](=O)[O-])cc2)o1. The fraction of sp³-hybridized carbons (Fsp3) is 0.227. The minimum atomic E-state index is -0.451. The zero-order chi connectivity index (χ0) is 22.7. The number of furan rings is 1. The van der Waals surface area contributed by atoms with E-state index in [0.29, 0.717) is 22.2 Å². The lowest BCUT2D eigenvalue weighted by atomic mass is 10.0. The second kappa shape index (κ2) is 9.15. The summed E-state index contributed by atoms with van der Waals surface area (Å²) in [4.78, 5) is 28.9.